The van der Waals surface area contributed by atoms with Crippen molar-refractivity contribution < 1.29 is 23.8 Å². The van der Waals surface area contributed by atoms with E-state index >= 15 is 0 Å². The molecule has 0 aliphatic carbocycles. The Morgan fingerprint density at radius 1 is 0.929 bits per heavy atom. The number of carbonyl (C=O) groups excluding carboxylic acids is 2. The molecule has 2 aromatic carbocycles. The number of para-hydroxylation sites is 2. The molecule has 0 radical (unpaired) electrons. The minimum absolute atomic E-state index is 0.399. The molecule has 0 heterocycles. The molecule has 0 bridgehead atoms. The standard InChI is InChI=1S/C21H26N2O5/c1-14(2)13-27-17-11-9-16(10-12-17)21(25)23-22-20(24)15(3)28-19-8-6-5-7-18(19)26-4/h5-12,14-15H,13H2,1-4H3,(H,22,24)(H,23,25). The van der Waals surface area contributed by atoms with Crippen LogP contribution in [0, 0.1) is 5.92 Å². The van der Waals surface area contributed by atoms with Crippen molar-refractivity contribution in [2.75, 3.05) is 13.7 Å². The van der Waals surface area contributed by atoms with Gasteiger partial charge in [-0.2, -0.15) is 0 Å². The van der Waals surface area contributed by atoms with Crippen molar-refractivity contribution in [3.63, 3.8) is 0 Å². The molecule has 2 aromatic rings. The Hall–Kier alpha value is -3.22. The molecular weight excluding hydrogens is 360 g/mol. The van der Waals surface area contributed by atoms with Gasteiger partial charge in [-0.3, -0.25) is 20.4 Å². The average Bonchev–Trinajstić information content (AvgIpc) is 2.70. The van der Waals surface area contributed by atoms with E-state index in [2.05, 4.69) is 24.7 Å². The van der Waals surface area contributed by atoms with E-state index in [9.17, 15) is 9.59 Å². The molecule has 1 unspecified atom stereocenters. The number of hydrogen-bond donors (Lipinski definition) is 2. The molecule has 28 heavy (non-hydrogen) atoms. The topological polar surface area (TPSA) is 85.9 Å². The molecule has 7 heteroatoms. The summed E-state index contributed by atoms with van der Waals surface area (Å²) in [4.78, 5) is 24.4. The van der Waals surface area contributed by atoms with Crippen LogP contribution in [0.3, 0.4) is 0 Å². The second kappa shape index (κ2) is 10.2. The monoisotopic (exact) mass is 386 g/mol. The van der Waals surface area contributed by atoms with Crippen molar-refractivity contribution >= 4 is 11.8 Å². The largest absolute Gasteiger partial charge is 0.493 e. The Bertz CT molecular complexity index is 790. The van der Waals surface area contributed by atoms with Gasteiger partial charge in [-0.15, -0.1) is 0 Å². The highest BCUT2D eigenvalue weighted by atomic mass is 16.5. The van der Waals surface area contributed by atoms with Crippen molar-refractivity contribution in [1.82, 2.24) is 10.9 Å². The molecule has 0 fully saturated rings. The average molecular weight is 386 g/mol. The summed E-state index contributed by atoms with van der Waals surface area (Å²) in [6.45, 7) is 6.30. The fourth-order valence-electron chi connectivity index (χ4n) is 2.22. The molecule has 0 aliphatic heterocycles. The molecule has 7 nitrogen and oxygen atoms in total. The van der Waals surface area contributed by atoms with Gasteiger partial charge in [-0.1, -0.05) is 26.0 Å². The van der Waals surface area contributed by atoms with Crippen molar-refractivity contribution in [1.29, 1.82) is 0 Å². The van der Waals surface area contributed by atoms with Crippen LogP contribution >= 0.6 is 0 Å². The van der Waals surface area contributed by atoms with Crippen LogP contribution in [-0.4, -0.2) is 31.6 Å². The SMILES string of the molecule is COc1ccccc1OC(C)C(=O)NNC(=O)c1ccc(OCC(C)C)cc1. The molecular formula is C21H26N2O5. The van der Waals surface area contributed by atoms with Crippen molar-refractivity contribution in [2.45, 2.75) is 26.9 Å². The van der Waals surface area contributed by atoms with Crippen molar-refractivity contribution in [2.24, 2.45) is 5.92 Å². The number of methoxy groups -OCH3 is 1. The normalized spacial score (nSPS) is 11.5. The zero-order valence-corrected chi connectivity index (χ0v) is 16.5. The molecule has 1 atom stereocenters. The number of carbonyl (C=O) groups is 2. The summed E-state index contributed by atoms with van der Waals surface area (Å²) in [7, 11) is 1.52. The summed E-state index contributed by atoms with van der Waals surface area (Å²) < 4.78 is 16.4. The van der Waals surface area contributed by atoms with E-state index in [-0.39, 0.29) is 0 Å². The number of nitrogens with one attached hydrogen (secondary N) is 2. The minimum atomic E-state index is -0.830. The summed E-state index contributed by atoms with van der Waals surface area (Å²) >= 11 is 0. The Labute approximate surface area is 165 Å². The highest BCUT2D eigenvalue weighted by Gasteiger charge is 2.17. The van der Waals surface area contributed by atoms with Gasteiger partial charge in [0, 0.05) is 5.56 Å². The fraction of sp³-hybridized carbons (Fsp3) is 0.333. The van der Waals surface area contributed by atoms with E-state index in [0.29, 0.717) is 35.3 Å². The Morgan fingerprint density at radius 2 is 1.57 bits per heavy atom. The lowest BCUT2D eigenvalue weighted by molar-refractivity contribution is -0.128. The maximum absolute atomic E-state index is 12.2. The van der Waals surface area contributed by atoms with Gasteiger partial charge in [-0.05, 0) is 49.2 Å². The van der Waals surface area contributed by atoms with Crippen molar-refractivity contribution in [3.8, 4) is 17.2 Å². The van der Waals surface area contributed by atoms with Crippen LogP contribution in [0.5, 0.6) is 17.2 Å². The number of benzene rings is 2. The van der Waals surface area contributed by atoms with Crippen LogP contribution in [0.15, 0.2) is 48.5 Å². The highest BCUT2D eigenvalue weighted by Crippen LogP contribution is 2.26. The maximum atomic E-state index is 12.2. The van der Waals surface area contributed by atoms with Crippen molar-refractivity contribution in [3.05, 3.63) is 54.1 Å². The zero-order valence-electron chi connectivity index (χ0n) is 16.5. The van der Waals surface area contributed by atoms with Gasteiger partial charge in [0.05, 0.1) is 13.7 Å². The lowest BCUT2D eigenvalue weighted by atomic mass is 10.2. The Balaban J connectivity index is 1.85. The van der Waals surface area contributed by atoms with E-state index < -0.39 is 17.9 Å². The molecule has 0 aliphatic rings. The maximum Gasteiger partial charge on any atom is 0.279 e. The minimum Gasteiger partial charge on any atom is -0.493 e. The molecule has 150 valence electrons. The van der Waals surface area contributed by atoms with E-state index in [4.69, 9.17) is 14.2 Å². The smallest absolute Gasteiger partial charge is 0.279 e. The third-order valence-electron chi connectivity index (χ3n) is 3.74. The first-order valence-corrected chi connectivity index (χ1v) is 9.03. The molecule has 2 amide bonds. The van der Waals surface area contributed by atoms with E-state index in [0.717, 1.165) is 0 Å². The van der Waals surface area contributed by atoms with Crippen LogP contribution in [0.4, 0.5) is 0 Å². The van der Waals surface area contributed by atoms with E-state index in [1.54, 1.807) is 55.5 Å². The van der Waals surface area contributed by atoms with Gasteiger partial charge >= 0.3 is 0 Å². The number of hydrazine groups is 1. The molecule has 0 saturated heterocycles. The van der Waals surface area contributed by atoms with Gasteiger partial charge in [-0.25, -0.2) is 0 Å². The zero-order chi connectivity index (χ0) is 20.5. The molecule has 0 spiro atoms. The van der Waals surface area contributed by atoms with Crippen LogP contribution in [-0.2, 0) is 4.79 Å². The van der Waals surface area contributed by atoms with Gasteiger partial charge in [0.25, 0.3) is 11.8 Å². The van der Waals surface area contributed by atoms with Crippen LogP contribution in [0.25, 0.3) is 0 Å². The summed E-state index contributed by atoms with van der Waals surface area (Å²) in [5.41, 5.74) is 5.13. The first-order chi connectivity index (χ1) is 13.4. The lowest BCUT2D eigenvalue weighted by Crippen LogP contribution is -2.47. The van der Waals surface area contributed by atoms with E-state index in [1.165, 1.54) is 7.11 Å². The Morgan fingerprint density at radius 3 is 2.18 bits per heavy atom. The summed E-state index contributed by atoms with van der Waals surface area (Å²) in [6.07, 6.45) is -0.830. The van der Waals surface area contributed by atoms with E-state index in [1.807, 2.05) is 0 Å². The summed E-state index contributed by atoms with van der Waals surface area (Å²) in [5, 5.41) is 0. The highest BCUT2D eigenvalue weighted by molar-refractivity contribution is 5.95. The second-order valence-corrected chi connectivity index (χ2v) is 6.58. The number of amides is 2. The van der Waals surface area contributed by atoms with Gasteiger partial charge in [0.15, 0.2) is 17.6 Å². The van der Waals surface area contributed by atoms with Crippen LogP contribution in [0.2, 0.25) is 0 Å². The fourth-order valence-corrected chi connectivity index (χ4v) is 2.22. The van der Waals surface area contributed by atoms with Crippen LogP contribution < -0.4 is 25.1 Å². The Kier molecular flexibility index (Phi) is 7.68. The number of hydrogen-bond acceptors (Lipinski definition) is 5. The predicted octanol–water partition coefficient (Wildman–Crippen LogP) is 2.96. The molecule has 0 aromatic heterocycles. The molecule has 2 N–H and O–H groups in total. The molecule has 0 saturated carbocycles. The lowest BCUT2D eigenvalue weighted by Gasteiger charge is -2.17. The van der Waals surface area contributed by atoms with Crippen LogP contribution in [0.1, 0.15) is 31.1 Å². The number of ether oxygens (including phenoxy) is 3. The second-order valence-electron chi connectivity index (χ2n) is 6.58. The first kappa shape index (κ1) is 21.1. The van der Waals surface area contributed by atoms with Gasteiger partial charge in [0.1, 0.15) is 5.75 Å². The third-order valence-corrected chi connectivity index (χ3v) is 3.74. The predicted molar refractivity (Wildman–Crippen MR) is 105 cm³/mol. The van der Waals surface area contributed by atoms with Gasteiger partial charge in [0.2, 0.25) is 0 Å². The molecule has 2 rings (SSSR count). The first-order valence-electron chi connectivity index (χ1n) is 9.03. The quantitative estimate of drug-likeness (QED) is 0.681. The summed E-state index contributed by atoms with van der Waals surface area (Å²) in [5.74, 6) is 1.14. The number of rotatable bonds is 8. The van der Waals surface area contributed by atoms with Gasteiger partial charge < -0.3 is 14.2 Å². The summed E-state index contributed by atoms with van der Waals surface area (Å²) in [6, 6.07) is 13.7. The third kappa shape index (κ3) is 6.19.